The summed E-state index contributed by atoms with van der Waals surface area (Å²) in [6.07, 6.45) is 2.80. The molecular weight excluding hydrogens is 236 g/mol. The van der Waals surface area contributed by atoms with Gasteiger partial charge in [0.15, 0.2) is 0 Å². The molecule has 1 saturated carbocycles. The van der Waals surface area contributed by atoms with Gasteiger partial charge in [0, 0.05) is 19.1 Å². The fourth-order valence-electron chi connectivity index (χ4n) is 3.24. The maximum absolute atomic E-state index is 5.95. The minimum absolute atomic E-state index is 0.134. The summed E-state index contributed by atoms with van der Waals surface area (Å²) in [5.74, 6) is 0. The predicted molar refractivity (Wildman–Crippen MR) is 77.2 cm³/mol. The number of hydrogen-bond donors (Lipinski definition) is 1. The zero-order chi connectivity index (χ0) is 13.4. The molecule has 1 aromatic carbocycles. The zero-order valence-corrected chi connectivity index (χ0v) is 11.9. The summed E-state index contributed by atoms with van der Waals surface area (Å²) in [6.45, 7) is 6.86. The van der Waals surface area contributed by atoms with Crippen LogP contribution in [-0.4, -0.2) is 36.7 Å². The summed E-state index contributed by atoms with van der Waals surface area (Å²) in [7, 11) is 0. The molecule has 0 bridgehead atoms. The molecule has 0 radical (unpaired) electrons. The van der Waals surface area contributed by atoms with Crippen molar-refractivity contribution in [2.24, 2.45) is 5.73 Å². The SMILES string of the molecule is Cc1cccc(C2C(CN)OCCN2C2CC2)c1C. The van der Waals surface area contributed by atoms with E-state index in [0.717, 1.165) is 19.2 Å². The van der Waals surface area contributed by atoms with Gasteiger partial charge in [0.05, 0.1) is 18.8 Å². The first kappa shape index (κ1) is 13.1. The lowest BCUT2D eigenvalue weighted by molar-refractivity contribution is -0.0714. The molecule has 1 aliphatic heterocycles. The summed E-state index contributed by atoms with van der Waals surface area (Å²) in [5.41, 5.74) is 10.1. The number of morpholine rings is 1. The lowest BCUT2D eigenvalue weighted by atomic mass is 9.91. The van der Waals surface area contributed by atoms with Crippen molar-refractivity contribution in [2.45, 2.75) is 44.9 Å². The number of nitrogens with zero attached hydrogens (tertiary/aromatic N) is 1. The van der Waals surface area contributed by atoms with Crippen LogP contribution >= 0.6 is 0 Å². The van der Waals surface area contributed by atoms with E-state index in [4.69, 9.17) is 10.5 Å². The average Bonchev–Trinajstić information content (AvgIpc) is 3.25. The number of benzene rings is 1. The fraction of sp³-hybridized carbons (Fsp3) is 0.625. The molecule has 2 N–H and O–H groups in total. The van der Waals surface area contributed by atoms with Gasteiger partial charge >= 0.3 is 0 Å². The van der Waals surface area contributed by atoms with E-state index >= 15 is 0 Å². The Kier molecular flexibility index (Phi) is 3.61. The van der Waals surface area contributed by atoms with Crippen LogP contribution in [0.1, 0.15) is 35.6 Å². The number of nitrogens with two attached hydrogens (primary N) is 1. The molecule has 19 heavy (non-hydrogen) atoms. The van der Waals surface area contributed by atoms with Crippen LogP contribution in [0.2, 0.25) is 0 Å². The Morgan fingerprint density at radius 2 is 2.11 bits per heavy atom. The molecule has 1 aromatic rings. The Hall–Kier alpha value is -0.900. The smallest absolute Gasteiger partial charge is 0.0894 e. The highest BCUT2D eigenvalue weighted by molar-refractivity contribution is 5.36. The first-order valence-electron chi connectivity index (χ1n) is 7.36. The minimum Gasteiger partial charge on any atom is -0.374 e. The van der Waals surface area contributed by atoms with E-state index in [-0.39, 0.29) is 6.10 Å². The van der Waals surface area contributed by atoms with Crippen LogP contribution in [0.15, 0.2) is 18.2 Å². The molecule has 2 atom stereocenters. The Morgan fingerprint density at radius 1 is 1.32 bits per heavy atom. The van der Waals surface area contributed by atoms with E-state index in [1.807, 2.05) is 0 Å². The van der Waals surface area contributed by atoms with Crippen molar-refractivity contribution in [3.8, 4) is 0 Å². The molecule has 104 valence electrons. The van der Waals surface area contributed by atoms with Crippen molar-refractivity contribution in [1.82, 2.24) is 4.90 Å². The summed E-state index contributed by atoms with van der Waals surface area (Å²) in [5, 5.41) is 0. The molecule has 0 aromatic heterocycles. The van der Waals surface area contributed by atoms with Gasteiger partial charge < -0.3 is 10.5 Å². The zero-order valence-electron chi connectivity index (χ0n) is 11.9. The van der Waals surface area contributed by atoms with Crippen LogP contribution in [-0.2, 0) is 4.74 Å². The fourth-order valence-corrected chi connectivity index (χ4v) is 3.24. The van der Waals surface area contributed by atoms with E-state index in [1.54, 1.807) is 0 Å². The quantitative estimate of drug-likeness (QED) is 0.905. The van der Waals surface area contributed by atoms with E-state index in [2.05, 4.69) is 36.9 Å². The van der Waals surface area contributed by atoms with Gasteiger partial charge in [-0.15, -0.1) is 0 Å². The summed E-state index contributed by atoms with van der Waals surface area (Å²) >= 11 is 0. The second-order valence-electron chi connectivity index (χ2n) is 5.85. The number of rotatable bonds is 3. The number of hydrogen-bond acceptors (Lipinski definition) is 3. The second-order valence-corrected chi connectivity index (χ2v) is 5.85. The van der Waals surface area contributed by atoms with Crippen LogP contribution < -0.4 is 5.73 Å². The molecule has 2 aliphatic rings. The van der Waals surface area contributed by atoms with E-state index in [9.17, 15) is 0 Å². The first-order chi connectivity index (χ1) is 9.22. The van der Waals surface area contributed by atoms with E-state index in [0.29, 0.717) is 12.6 Å². The third-order valence-corrected chi connectivity index (χ3v) is 4.60. The topological polar surface area (TPSA) is 38.5 Å². The van der Waals surface area contributed by atoms with Crippen molar-refractivity contribution in [3.63, 3.8) is 0 Å². The van der Waals surface area contributed by atoms with Crippen molar-refractivity contribution in [1.29, 1.82) is 0 Å². The first-order valence-corrected chi connectivity index (χ1v) is 7.36. The van der Waals surface area contributed by atoms with Crippen molar-refractivity contribution < 1.29 is 4.74 Å². The van der Waals surface area contributed by atoms with Crippen LogP contribution in [0.25, 0.3) is 0 Å². The number of aryl methyl sites for hydroxylation is 1. The van der Waals surface area contributed by atoms with Crippen LogP contribution in [0.3, 0.4) is 0 Å². The van der Waals surface area contributed by atoms with Gasteiger partial charge in [-0.25, -0.2) is 0 Å². The Morgan fingerprint density at radius 3 is 2.79 bits per heavy atom. The standard InChI is InChI=1S/C16H24N2O/c1-11-4-3-5-14(12(11)2)16-15(10-17)19-9-8-18(16)13-6-7-13/h3-5,13,15-16H,6-10,17H2,1-2H3. The molecule has 3 heteroatoms. The van der Waals surface area contributed by atoms with Crippen LogP contribution in [0.5, 0.6) is 0 Å². The maximum atomic E-state index is 5.95. The van der Waals surface area contributed by atoms with Crippen molar-refractivity contribution in [2.75, 3.05) is 19.7 Å². The molecule has 1 heterocycles. The van der Waals surface area contributed by atoms with E-state index in [1.165, 1.54) is 29.5 Å². The molecule has 0 spiro atoms. The maximum Gasteiger partial charge on any atom is 0.0894 e. The largest absolute Gasteiger partial charge is 0.374 e. The summed E-state index contributed by atoms with van der Waals surface area (Å²) in [4.78, 5) is 2.63. The van der Waals surface area contributed by atoms with Gasteiger partial charge in [-0.3, -0.25) is 4.90 Å². The Balaban J connectivity index is 1.98. The Labute approximate surface area is 115 Å². The van der Waals surface area contributed by atoms with Crippen LogP contribution in [0, 0.1) is 13.8 Å². The van der Waals surface area contributed by atoms with Gasteiger partial charge in [-0.05, 0) is 43.4 Å². The van der Waals surface area contributed by atoms with Gasteiger partial charge in [0.1, 0.15) is 0 Å². The molecule has 2 unspecified atom stereocenters. The minimum atomic E-state index is 0.134. The highest BCUT2D eigenvalue weighted by atomic mass is 16.5. The van der Waals surface area contributed by atoms with Gasteiger partial charge in [-0.2, -0.15) is 0 Å². The molecule has 1 saturated heterocycles. The third kappa shape index (κ3) is 2.42. The highest BCUT2D eigenvalue weighted by Gasteiger charge is 2.41. The van der Waals surface area contributed by atoms with Crippen molar-refractivity contribution in [3.05, 3.63) is 34.9 Å². The monoisotopic (exact) mass is 260 g/mol. The van der Waals surface area contributed by atoms with Crippen LogP contribution in [0.4, 0.5) is 0 Å². The van der Waals surface area contributed by atoms with Gasteiger partial charge in [-0.1, -0.05) is 18.2 Å². The van der Waals surface area contributed by atoms with E-state index < -0.39 is 0 Å². The molecule has 1 aliphatic carbocycles. The normalized spacial score (nSPS) is 28.6. The molecule has 0 amide bonds. The molecule has 2 fully saturated rings. The number of ether oxygens (including phenoxy) is 1. The average molecular weight is 260 g/mol. The van der Waals surface area contributed by atoms with Crippen molar-refractivity contribution >= 4 is 0 Å². The van der Waals surface area contributed by atoms with Gasteiger partial charge in [0.25, 0.3) is 0 Å². The predicted octanol–water partition coefficient (Wildman–Crippen LogP) is 2.17. The molecular formula is C16H24N2O. The summed E-state index contributed by atoms with van der Waals surface area (Å²) < 4.78 is 5.93. The molecule has 3 rings (SSSR count). The second kappa shape index (κ2) is 5.23. The lowest BCUT2D eigenvalue weighted by Crippen LogP contribution is -2.49. The summed E-state index contributed by atoms with van der Waals surface area (Å²) in [6, 6.07) is 7.68. The highest BCUT2D eigenvalue weighted by Crippen LogP contribution is 2.39. The lowest BCUT2D eigenvalue weighted by Gasteiger charge is -2.42. The Bertz CT molecular complexity index is 456. The third-order valence-electron chi connectivity index (χ3n) is 4.60. The van der Waals surface area contributed by atoms with Gasteiger partial charge in [0.2, 0.25) is 0 Å². The molecule has 3 nitrogen and oxygen atoms in total.